The van der Waals surface area contributed by atoms with Gasteiger partial charge in [-0.2, -0.15) is 0 Å². The van der Waals surface area contributed by atoms with Crippen molar-refractivity contribution in [3.63, 3.8) is 0 Å². The summed E-state index contributed by atoms with van der Waals surface area (Å²) in [5.74, 6) is -0.887. The molecule has 1 aliphatic rings. The zero-order valence-electron chi connectivity index (χ0n) is 14.4. The van der Waals surface area contributed by atoms with Crippen LogP contribution >= 0.6 is 15.9 Å². The Balaban J connectivity index is 1.77. The van der Waals surface area contributed by atoms with Crippen molar-refractivity contribution in [3.8, 4) is 0 Å². The minimum atomic E-state index is -1.20. The molecule has 0 unspecified atom stereocenters. The maximum absolute atomic E-state index is 12.9. The van der Waals surface area contributed by atoms with E-state index < -0.39 is 23.4 Å². The van der Waals surface area contributed by atoms with Gasteiger partial charge in [-0.1, -0.05) is 46.3 Å². The van der Waals surface area contributed by atoms with Crippen LogP contribution in [0.4, 0.5) is 10.5 Å². The van der Waals surface area contributed by atoms with E-state index >= 15 is 0 Å². The number of aryl methyl sites for hydroxylation is 1. The lowest BCUT2D eigenvalue weighted by molar-refractivity contribution is -0.133. The molecule has 0 aliphatic carbocycles. The summed E-state index contributed by atoms with van der Waals surface area (Å²) in [4.78, 5) is 38.4. The number of anilines is 1. The summed E-state index contributed by atoms with van der Waals surface area (Å²) < 4.78 is 0.800. The summed E-state index contributed by atoms with van der Waals surface area (Å²) in [7, 11) is 0. The largest absolute Gasteiger partial charge is 0.325 e. The van der Waals surface area contributed by atoms with Crippen molar-refractivity contribution in [1.82, 2.24) is 10.2 Å². The predicted molar refractivity (Wildman–Crippen MR) is 102 cm³/mol. The van der Waals surface area contributed by atoms with Crippen molar-refractivity contribution in [1.29, 1.82) is 0 Å². The quantitative estimate of drug-likeness (QED) is 0.752. The molecule has 3 rings (SSSR count). The van der Waals surface area contributed by atoms with Crippen molar-refractivity contribution >= 4 is 39.5 Å². The van der Waals surface area contributed by atoms with Crippen LogP contribution < -0.4 is 10.6 Å². The Morgan fingerprint density at radius 3 is 2.62 bits per heavy atom. The summed E-state index contributed by atoms with van der Waals surface area (Å²) in [5.41, 5.74) is 0.993. The van der Waals surface area contributed by atoms with Gasteiger partial charge in [-0.25, -0.2) is 4.79 Å². The fraction of sp³-hybridized carbons (Fsp3) is 0.211. The number of urea groups is 1. The number of hydrogen-bond donors (Lipinski definition) is 2. The molecule has 2 aromatic carbocycles. The van der Waals surface area contributed by atoms with Crippen molar-refractivity contribution in [2.24, 2.45) is 0 Å². The number of imide groups is 1. The first-order chi connectivity index (χ1) is 12.3. The molecule has 1 heterocycles. The predicted octanol–water partition coefficient (Wildman–Crippen LogP) is 3.16. The molecule has 0 bridgehead atoms. The first-order valence-electron chi connectivity index (χ1n) is 8.07. The number of benzene rings is 2. The molecule has 26 heavy (non-hydrogen) atoms. The SMILES string of the molecule is Cc1ccccc1NC(=O)CN1C(=O)N[C@@](C)(c2cccc(Br)c2)C1=O. The van der Waals surface area contributed by atoms with E-state index in [9.17, 15) is 14.4 Å². The lowest BCUT2D eigenvalue weighted by atomic mass is 9.92. The first kappa shape index (κ1) is 18.1. The number of carbonyl (C=O) groups excluding carboxylic acids is 3. The van der Waals surface area contributed by atoms with Gasteiger partial charge in [0.2, 0.25) is 5.91 Å². The van der Waals surface area contributed by atoms with E-state index in [1.807, 2.05) is 25.1 Å². The van der Waals surface area contributed by atoms with Gasteiger partial charge in [-0.3, -0.25) is 14.5 Å². The summed E-state index contributed by atoms with van der Waals surface area (Å²) >= 11 is 3.37. The number of nitrogens with one attached hydrogen (secondary N) is 2. The molecule has 1 fully saturated rings. The Hall–Kier alpha value is -2.67. The lowest BCUT2D eigenvalue weighted by Crippen LogP contribution is -2.42. The van der Waals surface area contributed by atoms with Crippen LogP contribution in [-0.4, -0.2) is 29.3 Å². The second-order valence-corrected chi connectivity index (χ2v) is 7.24. The van der Waals surface area contributed by atoms with Crippen molar-refractivity contribution in [2.75, 3.05) is 11.9 Å². The average molecular weight is 416 g/mol. The van der Waals surface area contributed by atoms with Gasteiger partial charge in [0.1, 0.15) is 12.1 Å². The number of carbonyl (C=O) groups is 3. The Kier molecular flexibility index (Phi) is 4.82. The third-order valence-electron chi connectivity index (χ3n) is 4.40. The van der Waals surface area contributed by atoms with Crippen LogP contribution in [0.25, 0.3) is 0 Å². The van der Waals surface area contributed by atoms with E-state index in [4.69, 9.17) is 0 Å². The van der Waals surface area contributed by atoms with Crippen LogP contribution in [0.5, 0.6) is 0 Å². The second-order valence-electron chi connectivity index (χ2n) is 6.32. The van der Waals surface area contributed by atoms with E-state index in [-0.39, 0.29) is 6.54 Å². The second kappa shape index (κ2) is 6.92. The van der Waals surface area contributed by atoms with Gasteiger partial charge in [-0.05, 0) is 43.2 Å². The average Bonchev–Trinajstić information content (AvgIpc) is 2.81. The van der Waals surface area contributed by atoms with E-state index in [0.717, 1.165) is 14.9 Å². The molecule has 1 atom stereocenters. The smallest absolute Gasteiger partial charge is 0.324 e. The molecule has 134 valence electrons. The molecular weight excluding hydrogens is 398 g/mol. The molecule has 0 saturated carbocycles. The number of para-hydroxylation sites is 1. The van der Waals surface area contributed by atoms with Gasteiger partial charge < -0.3 is 10.6 Å². The number of amides is 4. The highest BCUT2D eigenvalue weighted by molar-refractivity contribution is 9.10. The molecule has 2 N–H and O–H groups in total. The highest BCUT2D eigenvalue weighted by Gasteiger charge is 2.49. The zero-order valence-corrected chi connectivity index (χ0v) is 16.0. The first-order valence-corrected chi connectivity index (χ1v) is 8.86. The highest BCUT2D eigenvalue weighted by atomic mass is 79.9. The number of nitrogens with zero attached hydrogens (tertiary/aromatic N) is 1. The minimum Gasteiger partial charge on any atom is -0.324 e. The lowest BCUT2D eigenvalue weighted by Gasteiger charge is -2.22. The number of rotatable bonds is 4. The van der Waals surface area contributed by atoms with Crippen molar-refractivity contribution in [3.05, 3.63) is 64.1 Å². The maximum atomic E-state index is 12.9. The molecule has 0 radical (unpaired) electrons. The summed E-state index contributed by atoms with van der Waals surface area (Å²) in [6.45, 7) is 3.16. The van der Waals surface area contributed by atoms with Gasteiger partial charge in [-0.15, -0.1) is 0 Å². The Morgan fingerprint density at radius 1 is 1.19 bits per heavy atom. The van der Waals surface area contributed by atoms with E-state index in [1.165, 1.54) is 0 Å². The van der Waals surface area contributed by atoms with Gasteiger partial charge >= 0.3 is 6.03 Å². The summed E-state index contributed by atoms with van der Waals surface area (Å²) in [6, 6.07) is 13.9. The fourth-order valence-electron chi connectivity index (χ4n) is 2.88. The van der Waals surface area contributed by atoms with Crippen LogP contribution in [0, 0.1) is 6.92 Å². The monoisotopic (exact) mass is 415 g/mol. The van der Waals surface area contributed by atoms with Gasteiger partial charge in [0.15, 0.2) is 0 Å². The zero-order chi connectivity index (χ0) is 18.9. The topological polar surface area (TPSA) is 78.5 Å². The summed E-state index contributed by atoms with van der Waals surface area (Å²) in [6.07, 6.45) is 0. The molecule has 1 aliphatic heterocycles. The highest BCUT2D eigenvalue weighted by Crippen LogP contribution is 2.30. The Labute approximate surface area is 159 Å². The van der Waals surface area contributed by atoms with Crippen LogP contribution in [-0.2, 0) is 15.1 Å². The van der Waals surface area contributed by atoms with Crippen LogP contribution in [0.15, 0.2) is 53.0 Å². The summed E-state index contributed by atoms with van der Waals surface area (Å²) in [5, 5.41) is 5.42. The van der Waals surface area contributed by atoms with Crippen molar-refractivity contribution in [2.45, 2.75) is 19.4 Å². The minimum absolute atomic E-state index is 0.345. The molecule has 0 aromatic heterocycles. The molecule has 1 saturated heterocycles. The molecule has 4 amide bonds. The third kappa shape index (κ3) is 3.35. The number of hydrogen-bond acceptors (Lipinski definition) is 3. The Bertz CT molecular complexity index is 899. The molecule has 6 nitrogen and oxygen atoms in total. The van der Waals surface area contributed by atoms with Crippen LogP contribution in [0.3, 0.4) is 0 Å². The molecule has 2 aromatic rings. The maximum Gasteiger partial charge on any atom is 0.325 e. The normalized spacial score (nSPS) is 19.4. The Morgan fingerprint density at radius 2 is 1.92 bits per heavy atom. The van der Waals surface area contributed by atoms with E-state index in [1.54, 1.807) is 37.3 Å². The van der Waals surface area contributed by atoms with E-state index in [2.05, 4.69) is 26.6 Å². The molecular formula is C19H18BrN3O3. The van der Waals surface area contributed by atoms with Gasteiger partial charge in [0, 0.05) is 10.2 Å². The van der Waals surface area contributed by atoms with Crippen LogP contribution in [0.1, 0.15) is 18.1 Å². The van der Waals surface area contributed by atoms with Gasteiger partial charge in [0.25, 0.3) is 5.91 Å². The van der Waals surface area contributed by atoms with E-state index in [0.29, 0.717) is 11.3 Å². The van der Waals surface area contributed by atoms with Crippen molar-refractivity contribution < 1.29 is 14.4 Å². The standard InChI is InChI=1S/C19H18BrN3O3/c1-12-6-3-4-9-15(12)21-16(24)11-23-17(25)19(2,22-18(23)26)13-7-5-8-14(20)10-13/h3-10H,11H2,1-2H3,(H,21,24)(H,22,26)/t19-/m0/s1. The van der Waals surface area contributed by atoms with Crippen LogP contribution in [0.2, 0.25) is 0 Å². The number of halogens is 1. The fourth-order valence-corrected chi connectivity index (χ4v) is 3.28. The van der Waals surface area contributed by atoms with Gasteiger partial charge in [0.05, 0.1) is 0 Å². The molecule has 0 spiro atoms. The molecule has 7 heteroatoms. The third-order valence-corrected chi connectivity index (χ3v) is 4.89.